The second-order valence-electron chi connectivity index (χ2n) is 4.15. The topological polar surface area (TPSA) is 50.7 Å². The fourth-order valence-electron chi connectivity index (χ4n) is 1.51. The summed E-state index contributed by atoms with van der Waals surface area (Å²) in [6.45, 7) is 4.00. The van der Waals surface area contributed by atoms with Crippen LogP contribution in [0.1, 0.15) is 12.5 Å². The molecule has 0 saturated heterocycles. The van der Waals surface area contributed by atoms with Gasteiger partial charge in [0.1, 0.15) is 0 Å². The molecule has 102 valence electrons. The minimum absolute atomic E-state index is 0.323. The summed E-state index contributed by atoms with van der Waals surface area (Å²) in [4.78, 5) is 0. The Morgan fingerprint density at radius 2 is 1.94 bits per heavy atom. The van der Waals surface area contributed by atoms with Crippen molar-refractivity contribution in [3.8, 4) is 0 Å². The van der Waals surface area contributed by atoms with Gasteiger partial charge >= 0.3 is 0 Å². The lowest BCUT2D eigenvalue weighted by molar-refractivity contribution is 0.0182. The average molecular weight is 253 g/mol. The zero-order valence-electron chi connectivity index (χ0n) is 11.2. The molecule has 0 radical (unpaired) electrons. The molecule has 0 spiro atoms. The number of anilines is 1. The summed E-state index contributed by atoms with van der Waals surface area (Å²) < 4.78 is 10.1. The van der Waals surface area contributed by atoms with Crippen LogP contribution >= 0.6 is 0 Å². The standard InChI is InChI=1S/C14H23NO3/c1-3-12-4-6-13(7-5-12)15-10-14(16)11-18-9-8-17-2/h4-7,14-16H,3,8-11H2,1-2H3. The van der Waals surface area contributed by atoms with Crippen LogP contribution in [0.15, 0.2) is 24.3 Å². The first-order valence-corrected chi connectivity index (χ1v) is 6.33. The van der Waals surface area contributed by atoms with Gasteiger partial charge in [0.05, 0.1) is 25.9 Å². The number of aliphatic hydroxyl groups excluding tert-OH is 1. The fourth-order valence-corrected chi connectivity index (χ4v) is 1.51. The van der Waals surface area contributed by atoms with E-state index < -0.39 is 6.10 Å². The monoisotopic (exact) mass is 253 g/mol. The molecule has 0 aliphatic carbocycles. The maximum Gasteiger partial charge on any atom is 0.0945 e. The number of rotatable bonds is 9. The predicted octanol–water partition coefficient (Wildman–Crippen LogP) is 1.68. The second kappa shape index (κ2) is 8.91. The Hall–Kier alpha value is -1.10. The van der Waals surface area contributed by atoms with Crippen LogP contribution in [0, 0.1) is 0 Å². The number of methoxy groups -OCH3 is 1. The Kier molecular flexibility index (Phi) is 7.41. The van der Waals surface area contributed by atoms with Crippen LogP contribution in [0.2, 0.25) is 0 Å². The van der Waals surface area contributed by atoms with Crippen molar-refractivity contribution in [2.75, 3.05) is 38.8 Å². The van der Waals surface area contributed by atoms with Crippen molar-refractivity contribution in [2.24, 2.45) is 0 Å². The normalized spacial score (nSPS) is 12.4. The number of aryl methyl sites for hydroxylation is 1. The van der Waals surface area contributed by atoms with Gasteiger partial charge in [0.2, 0.25) is 0 Å². The minimum Gasteiger partial charge on any atom is -0.389 e. The molecule has 1 atom stereocenters. The van der Waals surface area contributed by atoms with Gasteiger partial charge in [-0.15, -0.1) is 0 Å². The molecule has 18 heavy (non-hydrogen) atoms. The van der Waals surface area contributed by atoms with E-state index in [-0.39, 0.29) is 0 Å². The zero-order valence-corrected chi connectivity index (χ0v) is 11.2. The molecule has 0 amide bonds. The maximum absolute atomic E-state index is 9.68. The van der Waals surface area contributed by atoms with Crippen LogP contribution < -0.4 is 5.32 Å². The number of benzene rings is 1. The third-order valence-corrected chi connectivity index (χ3v) is 2.65. The van der Waals surface area contributed by atoms with E-state index in [0.29, 0.717) is 26.4 Å². The lowest BCUT2D eigenvalue weighted by atomic mass is 10.1. The largest absolute Gasteiger partial charge is 0.389 e. The van der Waals surface area contributed by atoms with Crippen molar-refractivity contribution in [3.63, 3.8) is 0 Å². The van der Waals surface area contributed by atoms with Gasteiger partial charge in [-0.25, -0.2) is 0 Å². The molecule has 1 unspecified atom stereocenters. The van der Waals surface area contributed by atoms with Crippen LogP contribution in [0.5, 0.6) is 0 Å². The fraction of sp³-hybridized carbons (Fsp3) is 0.571. The third-order valence-electron chi connectivity index (χ3n) is 2.65. The number of hydrogen-bond acceptors (Lipinski definition) is 4. The van der Waals surface area contributed by atoms with Crippen molar-refractivity contribution >= 4 is 5.69 Å². The Balaban J connectivity index is 2.18. The molecule has 0 saturated carbocycles. The average Bonchev–Trinajstić information content (AvgIpc) is 2.42. The first-order valence-electron chi connectivity index (χ1n) is 6.33. The van der Waals surface area contributed by atoms with Crippen LogP contribution in [-0.4, -0.2) is 44.7 Å². The van der Waals surface area contributed by atoms with Crippen molar-refractivity contribution < 1.29 is 14.6 Å². The molecule has 0 bridgehead atoms. The molecule has 0 aliphatic rings. The summed E-state index contributed by atoms with van der Waals surface area (Å²) in [5.41, 5.74) is 2.33. The summed E-state index contributed by atoms with van der Waals surface area (Å²) >= 11 is 0. The molecular formula is C14H23NO3. The highest BCUT2D eigenvalue weighted by Gasteiger charge is 2.03. The van der Waals surface area contributed by atoms with Gasteiger partial charge < -0.3 is 19.9 Å². The van der Waals surface area contributed by atoms with E-state index >= 15 is 0 Å². The molecule has 1 aromatic carbocycles. The molecule has 0 aliphatic heterocycles. The quantitative estimate of drug-likeness (QED) is 0.658. The molecule has 0 aromatic heterocycles. The van der Waals surface area contributed by atoms with E-state index in [2.05, 4.69) is 24.4 Å². The third kappa shape index (κ3) is 6.00. The predicted molar refractivity (Wildman–Crippen MR) is 73.0 cm³/mol. The lowest BCUT2D eigenvalue weighted by Crippen LogP contribution is -2.25. The van der Waals surface area contributed by atoms with Crippen molar-refractivity contribution in [1.82, 2.24) is 0 Å². The molecular weight excluding hydrogens is 230 g/mol. The van der Waals surface area contributed by atoms with Gasteiger partial charge in [-0.05, 0) is 24.1 Å². The van der Waals surface area contributed by atoms with Gasteiger partial charge in [-0.2, -0.15) is 0 Å². The molecule has 1 aromatic rings. The summed E-state index contributed by atoms with van der Waals surface area (Å²) in [5, 5.41) is 12.9. The van der Waals surface area contributed by atoms with Gasteiger partial charge in [0.15, 0.2) is 0 Å². The van der Waals surface area contributed by atoms with Gasteiger partial charge in [-0.3, -0.25) is 0 Å². The Bertz CT molecular complexity index is 313. The molecule has 1 rings (SSSR count). The SMILES string of the molecule is CCc1ccc(NCC(O)COCCOC)cc1. The molecule has 0 fully saturated rings. The lowest BCUT2D eigenvalue weighted by Gasteiger charge is -2.13. The zero-order chi connectivity index (χ0) is 13.2. The number of nitrogens with one attached hydrogen (secondary N) is 1. The van der Waals surface area contributed by atoms with E-state index in [1.54, 1.807) is 7.11 Å². The second-order valence-corrected chi connectivity index (χ2v) is 4.15. The number of hydrogen-bond donors (Lipinski definition) is 2. The Morgan fingerprint density at radius 1 is 1.22 bits per heavy atom. The van der Waals surface area contributed by atoms with E-state index in [4.69, 9.17) is 9.47 Å². The summed E-state index contributed by atoms with van der Waals surface area (Å²) in [7, 11) is 1.63. The van der Waals surface area contributed by atoms with Crippen molar-refractivity contribution in [3.05, 3.63) is 29.8 Å². The van der Waals surface area contributed by atoms with E-state index in [1.165, 1.54) is 5.56 Å². The first kappa shape index (κ1) is 15.0. The maximum atomic E-state index is 9.68. The highest BCUT2D eigenvalue weighted by atomic mass is 16.5. The summed E-state index contributed by atoms with van der Waals surface area (Å²) in [6, 6.07) is 8.22. The minimum atomic E-state index is -0.507. The highest BCUT2D eigenvalue weighted by molar-refractivity contribution is 5.44. The van der Waals surface area contributed by atoms with Gasteiger partial charge in [0.25, 0.3) is 0 Å². The smallest absolute Gasteiger partial charge is 0.0945 e. The van der Waals surface area contributed by atoms with Crippen LogP contribution in [-0.2, 0) is 15.9 Å². The molecule has 0 heterocycles. The van der Waals surface area contributed by atoms with Crippen molar-refractivity contribution in [1.29, 1.82) is 0 Å². The van der Waals surface area contributed by atoms with E-state index in [0.717, 1.165) is 12.1 Å². The summed E-state index contributed by atoms with van der Waals surface area (Å²) in [6.07, 6.45) is 0.531. The Morgan fingerprint density at radius 3 is 2.56 bits per heavy atom. The van der Waals surface area contributed by atoms with E-state index in [1.807, 2.05) is 12.1 Å². The number of aliphatic hydroxyl groups is 1. The summed E-state index contributed by atoms with van der Waals surface area (Å²) in [5.74, 6) is 0. The van der Waals surface area contributed by atoms with E-state index in [9.17, 15) is 5.11 Å². The molecule has 4 heteroatoms. The van der Waals surface area contributed by atoms with Crippen LogP contribution in [0.25, 0.3) is 0 Å². The first-order chi connectivity index (χ1) is 8.76. The number of ether oxygens (including phenoxy) is 2. The molecule has 2 N–H and O–H groups in total. The Labute approximate surface area is 109 Å². The van der Waals surface area contributed by atoms with Gasteiger partial charge in [-0.1, -0.05) is 19.1 Å². The van der Waals surface area contributed by atoms with Crippen LogP contribution in [0.4, 0.5) is 5.69 Å². The highest BCUT2D eigenvalue weighted by Crippen LogP contribution is 2.09. The molecule has 4 nitrogen and oxygen atoms in total. The van der Waals surface area contributed by atoms with Crippen molar-refractivity contribution in [2.45, 2.75) is 19.4 Å². The van der Waals surface area contributed by atoms with Gasteiger partial charge in [0, 0.05) is 19.3 Å². The van der Waals surface area contributed by atoms with Crippen LogP contribution in [0.3, 0.4) is 0 Å².